The van der Waals surface area contributed by atoms with Crippen LogP contribution in [0.15, 0.2) is 30.3 Å². The Morgan fingerprint density at radius 3 is 2.57 bits per heavy atom. The Morgan fingerprint density at radius 1 is 1.29 bits per heavy atom. The summed E-state index contributed by atoms with van der Waals surface area (Å²) in [4.78, 5) is 12.2. The van der Waals surface area contributed by atoms with E-state index in [-0.39, 0.29) is 5.91 Å². The highest BCUT2D eigenvalue weighted by atomic mass is 16.5. The highest BCUT2D eigenvalue weighted by Gasteiger charge is 2.30. The predicted molar refractivity (Wildman–Crippen MR) is 82.2 cm³/mol. The standard InChI is InChI=1S/C17H25NO3/c1-2-15(21-14-9-5-3-6-10-14)16(19)18-13-17(20)11-7-4-8-12-17/h3,5-6,9-10,15,20H,2,4,7-8,11-13H2,1H3,(H,18,19). The van der Waals surface area contributed by atoms with Crippen molar-refractivity contribution in [1.82, 2.24) is 5.32 Å². The van der Waals surface area contributed by atoms with Crippen LogP contribution in [0.1, 0.15) is 45.4 Å². The van der Waals surface area contributed by atoms with Crippen LogP contribution in [0.5, 0.6) is 5.75 Å². The number of benzene rings is 1. The number of carbonyl (C=O) groups is 1. The second-order valence-corrected chi connectivity index (χ2v) is 5.83. The summed E-state index contributed by atoms with van der Waals surface area (Å²) in [5.74, 6) is 0.538. The van der Waals surface area contributed by atoms with E-state index in [0.717, 1.165) is 25.7 Å². The minimum atomic E-state index is -0.737. The van der Waals surface area contributed by atoms with Crippen molar-refractivity contribution in [1.29, 1.82) is 0 Å². The molecule has 1 aliphatic carbocycles. The third kappa shape index (κ3) is 4.74. The lowest BCUT2D eigenvalue weighted by Gasteiger charge is -2.32. The fourth-order valence-electron chi connectivity index (χ4n) is 2.74. The first-order chi connectivity index (χ1) is 10.1. The normalized spacial score (nSPS) is 18.8. The molecule has 21 heavy (non-hydrogen) atoms. The summed E-state index contributed by atoms with van der Waals surface area (Å²) in [6.07, 6.45) is 4.85. The molecule has 1 atom stereocenters. The van der Waals surface area contributed by atoms with Gasteiger partial charge in [-0.2, -0.15) is 0 Å². The van der Waals surface area contributed by atoms with Gasteiger partial charge in [0.2, 0.25) is 0 Å². The van der Waals surface area contributed by atoms with Crippen LogP contribution in [0.3, 0.4) is 0 Å². The molecule has 1 aliphatic rings. The molecule has 1 aromatic rings. The van der Waals surface area contributed by atoms with Gasteiger partial charge in [-0.25, -0.2) is 0 Å². The van der Waals surface area contributed by atoms with Crippen molar-refractivity contribution in [3.63, 3.8) is 0 Å². The van der Waals surface area contributed by atoms with Crippen molar-refractivity contribution in [2.24, 2.45) is 0 Å². The summed E-state index contributed by atoms with van der Waals surface area (Å²) >= 11 is 0. The number of ether oxygens (including phenoxy) is 1. The molecule has 0 aromatic heterocycles. The van der Waals surface area contributed by atoms with E-state index >= 15 is 0 Å². The summed E-state index contributed by atoms with van der Waals surface area (Å²) in [5, 5.41) is 13.3. The maximum absolute atomic E-state index is 12.2. The van der Waals surface area contributed by atoms with Crippen molar-refractivity contribution in [2.45, 2.75) is 57.2 Å². The van der Waals surface area contributed by atoms with Crippen LogP contribution in [-0.2, 0) is 4.79 Å². The van der Waals surface area contributed by atoms with Gasteiger partial charge in [0.15, 0.2) is 6.10 Å². The quantitative estimate of drug-likeness (QED) is 0.847. The number of hydrogen-bond acceptors (Lipinski definition) is 3. The molecule has 1 aromatic carbocycles. The summed E-state index contributed by atoms with van der Waals surface area (Å²) in [5.41, 5.74) is -0.737. The van der Waals surface area contributed by atoms with Gasteiger partial charge in [0.25, 0.3) is 5.91 Å². The van der Waals surface area contributed by atoms with E-state index in [4.69, 9.17) is 4.74 Å². The van der Waals surface area contributed by atoms with Gasteiger partial charge in [0.05, 0.1) is 5.60 Å². The smallest absolute Gasteiger partial charge is 0.261 e. The van der Waals surface area contributed by atoms with Gasteiger partial charge in [-0.05, 0) is 31.4 Å². The minimum Gasteiger partial charge on any atom is -0.481 e. The first kappa shape index (κ1) is 15.8. The molecule has 2 rings (SSSR count). The molecule has 1 fully saturated rings. The van der Waals surface area contributed by atoms with Gasteiger partial charge in [0, 0.05) is 6.54 Å². The maximum Gasteiger partial charge on any atom is 0.261 e. The Morgan fingerprint density at radius 2 is 1.95 bits per heavy atom. The van der Waals surface area contributed by atoms with Crippen LogP contribution >= 0.6 is 0 Å². The van der Waals surface area contributed by atoms with Crippen LogP contribution < -0.4 is 10.1 Å². The number of amides is 1. The highest BCUT2D eigenvalue weighted by molar-refractivity contribution is 5.81. The van der Waals surface area contributed by atoms with E-state index in [2.05, 4.69) is 5.32 Å². The van der Waals surface area contributed by atoms with Crippen molar-refractivity contribution in [2.75, 3.05) is 6.54 Å². The minimum absolute atomic E-state index is 0.152. The molecule has 0 heterocycles. The topological polar surface area (TPSA) is 58.6 Å². The molecule has 1 unspecified atom stereocenters. The lowest BCUT2D eigenvalue weighted by Crippen LogP contribution is -2.48. The van der Waals surface area contributed by atoms with Crippen LogP contribution in [-0.4, -0.2) is 29.3 Å². The van der Waals surface area contributed by atoms with Gasteiger partial charge in [-0.1, -0.05) is 44.4 Å². The third-order valence-corrected chi connectivity index (χ3v) is 4.06. The Labute approximate surface area is 126 Å². The van der Waals surface area contributed by atoms with Crippen LogP contribution in [0, 0.1) is 0 Å². The molecule has 2 N–H and O–H groups in total. The predicted octanol–water partition coefficient (Wildman–Crippen LogP) is 2.66. The van der Waals surface area contributed by atoms with E-state index in [9.17, 15) is 9.90 Å². The first-order valence-corrected chi connectivity index (χ1v) is 7.85. The van der Waals surface area contributed by atoms with Gasteiger partial charge < -0.3 is 15.2 Å². The zero-order chi connectivity index (χ0) is 15.1. The maximum atomic E-state index is 12.2. The Bertz CT molecular complexity index is 441. The lowest BCUT2D eigenvalue weighted by molar-refractivity contribution is -0.129. The Hall–Kier alpha value is -1.55. The van der Waals surface area contributed by atoms with E-state index < -0.39 is 11.7 Å². The van der Waals surface area contributed by atoms with Gasteiger partial charge in [-0.3, -0.25) is 4.79 Å². The largest absolute Gasteiger partial charge is 0.481 e. The van der Waals surface area contributed by atoms with Crippen molar-refractivity contribution < 1.29 is 14.6 Å². The van der Waals surface area contributed by atoms with E-state index in [0.29, 0.717) is 18.7 Å². The highest BCUT2D eigenvalue weighted by Crippen LogP contribution is 2.27. The van der Waals surface area contributed by atoms with Crippen LogP contribution in [0.25, 0.3) is 0 Å². The molecule has 0 spiro atoms. The molecule has 1 amide bonds. The average molecular weight is 291 g/mol. The molecular weight excluding hydrogens is 266 g/mol. The second-order valence-electron chi connectivity index (χ2n) is 5.83. The van der Waals surface area contributed by atoms with Crippen molar-refractivity contribution >= 4 is 5.91 Å². The van der Waals surface area contributed by atoms with Crippen molar-refractivity contribution in [3.8, 4) is 5.75 Å². The average Bonchev–Trinajstić information content (AvgIpc) is 2.52. The summed E-state index contributed by atoms with van der Waals surface area (Å²) in [7, 11) is 0. The molecular formula is C17H25NO3. The van der Waals surface area contributed by atoms with Gasteiger partial charge in [-0.15, -0.1) is 0 Å². The van der Waals surface area contributed by atoms with Crippen molar-refractivity contribution in [3.05, 3.63) is 30.3 Å². The zero-order valence-corrected chi connectivity index (χ0v) is 12.7. The molecule has 0 aliphatic heterocycles. The number of hydrogen-bond donors (Lipinski definition) is 2. The third-order valence-electron chi connectivity index (χ3n) is 4.06. The van der Waals surface area contributed by atoms with Crippen LogP contribution in [0.4, 0.5) is 0 Å². The lowest BCUT2D eigenvalue weighted by atomic mass is 9.85. The molecule has 4 heteroatoms. The summed E-state index contributed by atoms with van der Waals surface area (Å²) < 4.78 is 5.70. The SMILES string of the molecule is CCC(Oc1ccccc1)C(=O)NCC1(O)CCCCC1. The molecule has 0 radical (unpaired) electrons. The fourth-order valence-corrected chi connectivity index (χ4v) is 2.74. The number of rotatable bonds is 6. The van der Waals surface area contributed by atoms with E-state index in [1.807, 2.05) is 37.3 Å². The fraction of sp³-hybridized carbons (Fsp3) is 0.588. The molecule has 1 saturated carbocycles. The zero-order valence-electron chi connectivity index (χ0n) is 12.7. The van der Waals surface area contributed by atoms with E-state index in [1.54, 1.807) is 0 Å². The molecule has 0 saturated heterocycles. The van der Waals surface area contributed by atoms with Gasteiger partial charge >= 0.3 is 0 Å². The first-order valence-electron chi connectivity index (χ1n) is 7.85. The van der Waals surface area contributed by atoms with E-state index in [1.165, 1.54) is 6.42 Å². The number of carbonyl (C=O) groups excluding carboxylic acids is 1. The van der Waals surface area contributed by atoms with Crippen LogP contribution in [0.2, 0.25) is 0 Å². The summed E-state index contributed by atoms with van der Waals surface area (Å²) in [6, 6.07) is 9.34. The number of nitrogens with one attached hydrogen (secondary N) is 1. The Kier molecular flexibility index (Phi) is 5.62. The second kappa shape index (κ2) is 7.46. The number of aliphatic hydroxyl groups is 1. The molecule has 116 valence electrons. The molecule has 4 nitrogen and oxygen atoms in total. The molecule has 0 bridgehead atoms. The monoisotopic (exact) mass is 291 g/mol. The summed E-state index contributed by atoms with van der Waals surface area (Å²) in [6.45, 7) is 2.24. The van der Waals surface area contributed by atoms with Gasteiger partial charge in [0.1, 0.15) is 5.75 Å². The Balaban J connectivity index is 1.85. The number of para-hydroxylation sites is 1.